The molecule has 0 spiro atoms. The van der Waals surface area contributed by atoms with Crippen LogP contribution in [0.5, 0.6) is 0 Å². The molecule has 4 bridgehead atoms. The second-order valence-corrected chi connectivity index (χ2v) is 10.6. The summed E-state index contributed by atoms with van der Waals surface area (Å²) in [5.41, 5.74) is 4.83. The number of nitrogens with one attached hydrogen (secondary N) is 1. The van der Waals surface area contributed by atoms with E-state index in [1.54, 1.807) is 4.90 Å². The van der Waals surface area contributed by atoms with Gasteiger partial charge in [0.25, 0.3) is 0 Å². The van der Waals surface area contributed by atoms with Gasteiger partial charge >= 0.3 is 12.2 Å². The quantitative estimate of drug-likeness (QED) is 0.743. The van der Waals surface area contributed by atoms with Crippen LogP contribution in [0.2, 0.25) is 0 Å². The van der Waals surface area contributed by atoms with Crippen LogP contribution in [-0.4, -0.2) is 54.3 Å². The highest BCUT2D eigenvalue weighted by molar-refractivity contribution is 5.81. The average Bonchev–Trinajstić information content (AvgIpc) is 2.54. The van der Waals surface area contributed by atoms with Crippen LogP contribution in [0.3, 0.4) is 0 Å². The Balaban J connectivity index is 1.23. The van der Waals surface area contributed by atoms with Crippen LogP contribution in [0, 0.1) is 29.1 Å². The van der Waals surface area contributed by atoms with E-state index in [2.05, 4.69) is 5.32 Å². The Morgan fingerprint density at radius 2 is 1.72 bits per heavy atom. The molecule has 0 aromatic heterocycles. The van der Waals surface area contributed by atoms with Crippen LogP contribution in [0.25, 0.3) is 0 Å². The smallest absolute Gasteiger partial charge is 0.410 e. The number of likely N-dealkylation sites (tertiary alicyclic amines) is 1. The van der Waals surface area contributed by atoms with Crippen molar-refractivity contribution in [1.82, 2.24) is 10.2 Å². The van der Waals surface area contributed by atoms with Crippen LogP contribution in [-0.2, 0) is 14.3 Å². The number of carbonyl (C=O) groups is 3. The van der Waals surface area contributed by atoms with Crippen molar-refractivity contribution in [2.75, 3.05) is 19.6 Å². The standard InChI is InChI=1S/C21H33N3O5/c1-20(2,3)29-18(26)23-9-13-10-24(11-13)19(27)28-16-14-4-12-5-15(16)8-21(6-12,7-14)17(22)25/h12-16H,4-11H2,1-3H3,(H2,22,25)(H,23,26)/t12?,14-,15?,16?,21?/m0/s1. The summed E-state index contributed by atoms with van der Waals surface area (Å²) in [5, 5.41) is 2.76. The second kappa shape index (κ2) is 7.06. The van der Waals surface area contributed by atoms with E-state index in [1.807, 2.05) is 20.8 Å². The first-order chi connectivity index (χ1) is 13.5. The lowest BCUT2D eigenvalue weighted by molar-refractivity contribution is -0.162. The van der Waals surface area contributed by atoms with Gasteiger partial charge in [-0.05, 0) is 70.6 Å². The highest BCUT2D eigenvalue weighted by Gasteiger charge is 2.59. The number of carbonyl (C=O) groups excluding carboxylic acids is 3. The second-order valence-electron chi connectivity index (χ2n) is 10.6. The van der Waals surface area contributed by atoms with E-state index in [0.29, 0.717) is 25.6 Å². The lowest BCUT2D eigenvalue weighted by Crippen LogP contribution is -2.60. The fourth-order valence-electron chi connectivity index (χ4n) is 6.05. The first-order valence-electron chi connectivity index (χ1n) is 10.8. The van der Waals surface area contributed by atoms with Gasteiger partial charge in [-0.2, -0.15) is 0 Å². The fraction of sp³-hybridized carbons (Fsp3) is 0.857. The molecule has 162 valence electrons. The van der Waals surface area contributed by atoms with Crippen molar-refractivity contribution in [2.24, 2.45) is 34.8 Å². The Kier molecular flexibility index (Phi) is 4.94. The van der Waals surface area contributed by atoms with Crippen LogP contribution in [0.4, 0.5) is 9.59 Å². The van der Waals surface area contributed by atoms with Gasteiger partial charge in [0.2, 0.25) is 5.91 Å². The maximum Gasteiger partial charge on any atom is 0.410 e. The summed E-state index contributed by atoms with van der Waals surface area (Å²) in [6.45, 7) is 7.10. The normalized spacial score (nSPS) is 35.8. The van der Waals surface area contributed by atoms with Crippen molar-refractivity contribution in [2.45, 2.75) is 64.6 Å². The van der Waals surface area contributed by atoms with Crippen LogP contribution in [0.15, 0.2) is 0 Å². The van der Waals surface area contributed by atoms with Gasteiger partial charge in [-0.25, -0.2) is 9.59 Å². The average molecular weight is 408 g/mol. The van der Waals surface area contributed by atoms with E-state index in [0.717, 1.165) is 32.1 Å². The van der Waals surface area contributed by atoms with Gasteiger partial charge in [-0.3, -0.25) is 4.79 Å². The first kappa shape index (κ1) is 20.3. The maximum absolute atomic E-state index is 12.6. The Hall–Kier alpha value is -1.99. The minimum absolute atomic E-state index is 0.0922. The minimum Gasteiger partial charge on any atom is -0.446 e. The summed E-state index contributed by atoms with van der Waals surface area (Å²) >= 11 is 0. The number of primary amides is 1. The van der Waals surface area contributed by atoms with Gasteiger partial charge in [0.1, 0.15) is 11.7 Å². The van der Waals surface area contributed by atoms with Crippen LogP contribution >= 0.6 is 0 Å². The Labute approximate surface area is 171 Å². The van der Waals surface area contributed by atoms with Gasteiger partial charge in [0.15, 0.2) is 0 Å². The zero-order chi connectivity index (χ0) is 21.0. The molecule has 4 aliphatic carbocycles. The first-order valence-corrected chi connectivity index (χ1v) is 10.8. The van der Waals surface area contributed by atoms with E-state index in [4.69, 9.17) is 15.2 Å². The molecular weight excluding hydrogens is 374 g/mol. The van der Waals surface area contributed by atoms with Crippen molar-refractivity contribution in [3.05, 3.63) is 0 Å². The maximum atomic E-state index is 12.6. The summed E-state index contributed by atoms with van der Waals surface area (Å²) in [5.74, 6) is 1.09. The summed E-state index contributed by atoms with van der Waals surface area (Å²) < 4.78 is 11.1. The van der Waals surface area contributed by atoms with Crippen molar-refractivity contribution in [3.8, 4) is 0 Å². The highest BCUT2D eigenvalue weighted by atomic mass is 16.6. The van der Waals surface area contributed by atoms with E-state index in [-0.39, 0.29) is 41.3 Å². The van der Waals surface area contributed by atoms with Crippen LogP contribution in [0.1, 0.15) is 52.9 Å². The number of ether oxygens (including phenoxy) is 2. The molecule has 8 nitrogen and oxygen atoms in total. The molecule has 0 aromatic rings. The summed E-state index contributed by atoms with van der Waals surface area (Å²) in [7, 11) is 0. The zero-order valence-electron chi connectivity index (χ0n) is 17.6. The molecule has 8 heteroatoms. The topological polar surface area (TPSA) is 111 Å². The van der Waals surface area contributed by atoms with Crippen molar-refractivity contribution >= 4 is 18.1 Å². The van der Waals surface area contributed by atoms with Crippen molar-refractivity contribution in [3.63, 3.8) is 0 Å². The number of nitrogens with two attached hydrogens (primary N) is 1. The summed E-state index contributed by atoms with van der Waals surface area (Å²) in [4.78, 5) is 38.1. The molecule has 3 N–H and O–H groups in total. The molecule has 4 saturated carbocycles. The van der Waals surface area contributed by atoms with Gasteiger partial charge in [0, 0.05) is 25.6 Å². The molecule has 0 aromatic carbocycles. The number of hydrogen-bond donors (Lipinski definition) is 2. The Morgan fingerprint density at radius 1 is 1.10 bits per heavy atom. The van der Waals surface area contributed by atoms with Crippen molar-refractivity contribution in [1.29, 1.82) is 0 Å². The van der Waals surface area contributed by atoms with Gasteiger partial charge in [0.05, 0.1) is 5.41 Å². The van der Waals surface area contributed by atoms with E-state index in [9.17, 15) is 14.4 Å². The lowest BCUT2D eigenvalue weighted by Gasteiger charge is -2.58. The largest absolute Gasteiger partial charge is 0.446 e. The van der Waals surface area contributed by atoms with E-state index in [1.165, 1.54) is 0 Å². The predicted octanol–water partition coefficient (Wildman–Crippen LogP) is 2.26. The number of rotatable bonds is 4. The monoisotopic (exact) mass is 407 g/mol. The molecule has 5 atom stereocenters. The molecule has 5 aliphatic rings. The van der Waals surface area contributed by atoms with E-state index >= 15 is 0 Å². The number of nitrogens with zero attached hydrogens (tertiary/aromatic N) is 1. The molecular formula is C21H33N3O5. The minimum atomic E-state index is -0.523. The molecule has 0 radical (unpaired) electrons. The molecule has 4 unspecified atom stereocenters. The number of amides is 3. The van der Waals surface area contributed by atoms with Gasteiger partial charge in [-0.1, -0.05) is 0 Å². The van der Waals surface area contributed by atoms with Crippen molar-refractivity contribution < 1.29 is 23.9 Å². The molecule has 1 aliphatic heterocycles. The summed E-state index contributed by atoms with van der Waals surface area (Å²) in [6, 6.07) is 0. The van der Waals surface area contributed by atoms with E-state index < -0.39 is 11.7 Å². The molecule has 29 heavy (non-hydrogen) atoms. The predicted molar refractivity (Wildman–Crippen MR) is 105 cm³/mol. The van der Waals surface area contributed by atoms with Gasteiger partial charge < -0.3 is 25.4 Å². The summed E-state index contributed by atoms with van der Waals surface area (Å²) in [6.07, 6.45) is 3.70. The fourth-order valence-corrected chi connectivity index (χ4v) is 6.05. The third-order valence-electron chi connectivity index (χ3n) is 7.10. The number of alkyl carbamates (subject to hydrolysis) is 1. The van der Waals surface area contributed by atoms with Crippen LogP contribution < -0.4 is 11.1 Å². The zero-order valence-corrected chi connectivity index (χ0v) is 17.6. The molecule has 1 heterocycles. The Bertz CT molecular complexity index is 681. The highest BCUT2D eigenvalue weighted by Crippen LogP contribution is 2.60. The number of hydrogen-bond acceptors (Lipinski definition) is 5. The SMILES string of the molecule is CC(C)(C)OC(=O)NCC1CN(C(=O)OC2C3CC4C[C@H]2CC(C(N)=O)(C4)C3)C1. The van der Waals surface area contributed by atoms with Gasteiger partial charge in [-0.15, -0.1) is 0 Å². The molecule has 5 rings (SSSR count). The molecule has 1 saturated heterocycles. The molecule has 3 amide bonds. The molecule has 5 fully saturated rings. The third-order valence-corrected chi connectivity index (χ3v) is 7.10. The lowest BCUT2D eigenvalue weighted by atomic mass is 9.48. The Morgan fingerprint density at radius 3 is 2.28 bits per heavy atom. The third kappa shape index (κ3) is 4.03.